The molecule has 4 aromatic rings. The Morgan fingerprint density at radius 1 is 1.05 bits per heavy atom. The van der Waals surface area contributed by atoms with Crippen LogP contribution in [0.5, 0.6) is 0 Å². The minimum atomic E-state index is -4.27. The van der Waals surface area contributed by atoms with Gasteiger partial charge in [0, 0.05) is 23.2 Å². The molecule has 1 aliphatic carbocycles. The van der Waals surface area contributed by atoms with E-state index in [1.807, 2.05) is 0 Å². The molecule has 0 spiro atoms. The Kier molecular flexibility index (Phi) is 7.95. The Morgan fingerprint density at radius 3 is 2.43 bits per heavy atom. The van der Waals surface area contributed by atoms with Crippen LogP contribution >= 0.6 is 11.6 Å². The second-order valence-corrected chi connectivity index (χ2v) is 10.0. The van der Waals surface area contributed by atoms with E-state index < -0.39 is 17.7 Å². The Balaban J connectivity index is 0.000000207. The van der Waals surface area contributed by atoms with Gasteiger partial charge in [-0.3, -0.25) is 0 Å². The summed E-state index contributed by atoms with van der Waals surface area (Å²) < 4.78 is 38.0. The minimum Gasteiger partial charge on any atom is -0.478 e. The number of hydrogen-bond acceptors (Lipinski definition) is 2. The number of fused-ring (bicyclic) bond motifs is 1. The van der Waals surface area contributed by atoms with Gasteiger partial charge in [0.1, 0.15) is 0 Å². The van der Waals surface area contributed by atoms with Crippen molar-refractivity contribution < 1.29 is 23.1 Å². The number of carboxylic acid groups (broad SMARTS) is 1. The van der Waals surface area contributed by atoms with E-state index in [9.17, 15) is 18.0 Å². The Hall–Kier alpha value is -3.29. The molecule has 0 amide bonds. The van der Waals surface area contributed by atoms with Crippen molar-refractivity contribution in [1.82, 2.24) is 10.3 Å². The van der Waals surface area contributed by atoms with Gasteiger partial charge in [-0.05, 0) is 72.2 Å². The third kappa shape index (κ3) is 6.93. The highest BCUT2D eigenvalue weighted by molar-refractivity contribution is 6.32. The molecule has 1 aromatic heterocycles. The van der Waals surface area contributed by atoms with Crippen molar-refractivity contribution in [2.24, 2.45) is 0 Å². The van der Waals surface area contributed by atoms with Gasteiger partial charge in [-0.1, -0.05) is 61.0 Å². The molecule has 0 bridgehead atoms. The quantitative estimate of drug-likeness (QED) is 0.216. The zero-order chi connectivity index (χ0) is 26.6. The molecule has 0 atom stereocenters. The predicted molar refractivity (Wildman–Crippen MR) is 140 cm³/mol. The van der Waals surface area contributed by atoms with Crippen molar-refractivity contribution in [3.8, 4) is 0 Å². The molecule has 0 unspecified atom stereocenters. The van der Waals surface area contributed by atoms with Gasteiger partial charge in [0.25, 0.3) is 0 Å². The maximum absolute atomic E-state index is 12.7. The number of hydrogen-bond donors (Lipinski definition) is 3. The molecular formula is C29H28ClF3N2O2. The number of nitrogens with one attached hydrogen (secondary N) is 2. The number of aromatic nitrogens is 1. The topological polar surface area (TPSA) is 65.1 Å². The highest BCUT2D eigenvalue weighted by Crippen LogP contribution is 2.47. The lowest BCUT2D eigenvalue weighted by Gasteiger charge is -2.11. The summed E-state index contributed by atoms with van der Waals surface area (Å²) >= 11 is 5.75. The summed E-state index contributed by atoms with van der Waals surface area (Å²) in [6.07, 6.45) is 0.528. The summed E-state index contributed by atoms with van der Waals surface area (Å²) in [7, 11) is 0. The number of H-pyrrole nitrogens is 1. The third-order valence-corrected chi connectivity index (χ3v) is 6.90. The number of carboxylic acids is 1. The number of carbonyl (C=O) groups is 1. The zero-order valence-corrected chi connectivity index (χ0v) is 21.1. The lowest BCUT2D eigenvalue weighted by atomic mass is 9.97. The largest absolute Gasteiger partial charge is 0.478 e. The number of halogens is 4. The normalized spacial score (nSPS) is 14.2. The second-order valence-electron chi connectivity index (χ2n) is 9.58. The highest BCUT2D eigenvalue weighted by Gasteiger charge is 2.38. The maximum atomic E-state index is 12.7. The summed E-state index contributed by atoms with van der Waals surface area (Å²) in [5.41, 5.74) is 3.92. The van der Waals surface area contributed by atoms with Crippen LogP contribution in [-0.4, -0.2) is 22.6 Å². The van der Waals surface area contributed by atoms with E-state index >= 15 is 0 Å². The van der Waals surface area contributed by atoms with E-state index in [2.05, 4.69) is 41.5 Å². The predicted octanol–water partition coefficient (Wildman–Crippen LogP) is 7.61. The molecule has 1 saturated carbocycles. The van der Waals surface area contributed by atoms with E-state index in [4.69, 9.17) is 16.7 Å². The standard InChI is InChI=1S/C20H22F3N.C9H6ClNO2/c1-19(10-11-19)17-7-5-16(6-8-17)14-24-12-9-15-3-2-4-18(13-15)20(21,22)23;10-6-3-5-1-2-11-8(5)7(4-6)9(12)13/h2-8,13,24H,9-12,14H2,1H3;1-4,11H,(H,12,13). The Bertz CT molecular complexity index is 1380. The van der Waals surface area contributed by atoms with Gasteiger partial charge >= 0.3 is 12.1 Å². The van der Waals surface area contributed by atoms with Crippen LogP contribution in [-0.2, 0) is 24.6 Å². The van der Waals surface area contributed by atoms with E-state index in [1.165, 1.54) is 42.2 Å². The molecule has 1 aliphatic rings. The van der Waals surface area contributed by atoms with Gasteiger partial charge in [-0.15, -0.1) is 0 Å². The van der Waals surface area contributed by atoms with E-state index in [1.54, 1.807) is 24.4 Å². The van der Waals surface area contributed by atoms with E-state index in [0.29, 0.717) is 34.5 Å². The van der Waals surface area contributed by atoms with Crippen LogP contribution in [0, 0.1) is 0 Å². The molecule has 0 aliphatic heterocycles. The molecular weight excluding hydrogens is 501 g/mol. The summed E-state index contributed by atoms with van der Waals surface area (Å²) in [6, 6.07) is 19.1. The first-order chi connectivity index (χ1) is 17.5. The first-order valence-corrected chi connectivity index (χ1v) is 12.4. The number of rotatable bonds is 7. The molecule has 4 nitrogen and oxygen atoms in total. The van der Waals surface area contributed by atoms with Gasteiger partial charge in [-0.25, -0.2) is 4.79 Å². The van der Waals surface area contributed by atoms with Crippen LogP contribution in [0.3, 0.4) is 0 Å². The monoisotopic (exact) mass is 528 g/mol. The van der Waals surface area contributed by atoms with Gasteiger partial charge in [0.2, 0.25) is 0 Å². The molecule has 3 N–H and O–H groups in total. The number of benzene rings is 3. The van der Waals surface area contributed by atoms with Crippen molar-refractivity contribution in [3.63, 3.8) is 0 Å². The molecule has 1 heterocycles. The van der Waals surface area contributed by atoms with Gasteiger partial charge in [-0.2, -0.15) is 13.2 Å². The van der Waals surface area contributed by atoms with Crippen LogP contribution in [0.2, 0.25) is 5.02 Å². The van der Waals surface area contributed by atoms with Gasteiger partial charge in [0.15, 0.2) is 0 Å². The third-order valence-electron chi connectivity index (χ3n) is 6.68. The van der Waals surface area contributed by atoms with Crippen LogP contribution in [0.1, 0.15) is 52.4 Å². The van der Waals surface area contributed by atoms with Crippen molar-refractivity contribution in [1.29, 1.82) is 0 Å². The first kappa shape index (κ1) is 26.8. The van der Waals surface area contributed by atoms with Crippen molar-refractivity contribution in [2.75, 3.05) is 6.54 Å². The Morgan fingerprint density at radius 2 is 1.78 bits per heavy atom. The van der Waals surface area contributed by atoms with Crippen LogP contribution in [0.15, 0.2) is 72.9 Å². The molecule has 1 fully saturated rings. The maximum Gasteiger partial charge on any atom is 0.416 e. The lowest BCUT2D eigenvalue weighted by molar-refractivity contribution is -0.137. The number of alkyl halides is 3. The van der Waals surface area contributed by atoms with E-state index in [-0.39, 0.29) is 5.56 Å². The Labute approximate surface area is 218 Å². The molecule has 8 heteroatoms. The molecule has 0 saturated heterocycles. The lowest BCUT2D eigenvalue weighted by Crippen LogP contribution is -2.17. The summed E-state index contributed by atoms with van der Waals surface area (Å²) in [5, 5.41) is 13.4. The SMILES string of the molecule is CC1(c2ccc(CNCCc3cccc(C(F)(F)F)c3)cc2)CC1.O=C(O)c1cc(Cl)cc2cc[nH]c12. The molecule has 5 rings (SSSR count). The van der Waals surface area contributed by atoms with Crippen molar-refractivity contribution in [2.45, 2.75) is 44.3 Å². The summed E-state index contributed by atoms with van der Waals surface area (Å²) in [4.78, 5) is 13.6. The fourth-order valence-corrected chi connectivity index (χ4v) is 4.40. The number of aromatic amines is 1. The molecule has 37 heavy (non-hydrogen) atoms. The van der Waals surface area contributed by atoms with Crippen LogP contribution < -0.4 is 5.32 Å². The molecule has 3 aromatic carbocycles. The second kappa shape index (κ2) is 11.0. The fourth-order valence-electron chi connectivity index (χ4n) is 4.17. The van der Waals surface area contributed by atoms with Gasteiger partial charge < -0.3 is 15.4 Å². The molecule has 0 radical (unpaired) electrons. The highest BCUT2D eigenvalue weighted by atomic mass is 35.5. The minimum absolute atomic E-state index is 0.201. The molecule has 194 valence electrons. The summed E-state index contributed by atoms with van der Waals surface area (Å²) in [5.74, 6) is -0.977. The van der Waals surface area contributed by atoms with Crippen LogP contribution in [0.4, 0.5) is 13.2 Å². The van der Waals surface area contributed by atoms with E-state index in [0.717, 1.165) is 18.0 Å². The first-order valence-electron chi connectivity index (χ1n) is 12.0. The zero-order valence-electron chi connectivity index (χ0n) is 20.3. The smallest absolute Gasteiger partial charge is 0.416 e. The average molecular weight is 529 g/mol. The van der Waals surface area contributed by atoms with Crippen molar-refractivity contribution in [3.05, 3.63) is 106 Å². The number of aromatic carboxylic acids is 1. The average Bonchev–Trinajstić information content (AvgIpc) is 3.44. The fraction of sp³-hybridized carbons (Fsp3) is 0.276. The van der Waals surface area contributed by atoms with Gasteiger partial charge in [0.05, 0.1) is 16.6 Å². The van der Waals surface area contributed by atoms with Crippen molar-refractivity contribution >= 4 is 28.5 Å². The summed E-state index contributed by atoms with van der Waals surface area (Å²) in [6.45, 7) is 3.67. The van der Waals surface area contributed by atoms with Crippen LogP contribution in [0.25, 0.3) is 10.9 Å².